The van der Waals surface area contributed by atoms with Gasteiger partial charge in [0.05, 0.1) is 12.1 Å². The Labute approximate surface area is 147 Å². The molecule has 0 aliphatic heterocycles. The predicted molar refractivity (Wildman–Crippen MR) is 96.4 cm³/mol. The number of likely N-dealkylation sites (N-methyl/N-ethyl adjacent to an activating group) is 1. The van der Waals surface area contributed by atoms with E-state index >= 15 is 0 Å². The second kappa shape index (κ2) is 7.96. The molecule has 0 radical (unpaired) electrons. The number of anilines is 1. The lowest BCUT2D eigenvalue weighted by Gasteiger charge is -2.11. The minimum atomic E-state index is -0.0493. The van der Waals surface area contributed by atoms with E-state index in [1.807, 2.05) is 24.3 Å². The van der Waals surface area contributed by atoms with E-state index in [9.17, 15) is 9.59 Å². The van der Waals surface area contributed by atoms with Gasteiger partial charge in [0.25, 0.3) is 0 Å². The molecule has 1 aliphatic carbocycles. The van der Waals surface area contributed by atoms with E-state index in [1.54, 1.807) is 7.05 Å². The summed E-state index contributed by atoms with van der Waals surface area (Å²) >= 11 is 0. The van der Waals surface area contributed by atoms with Crippen LogP contribution in [0, 0.1) is 0 Å². The first-order chi connectivity index (χ1) is 12.2. The number of fused-ring (bicyclic) bond motifs is 1. The zero-order valence-electron chi connectivity index (χ0n) is 14.5. The standard InChI is InChI=1S/C19H24N4O2/c1-20-19(25)12-13-5-4-6-14(11-13)21-18(24)10-9-17-15-7-2-3-8-16(15)22-23-17/h4-6,11H,2-3,7-10,12H2,1H3,(H,20,25)(H,21,24)(H,22,23). The molecule has 0 unspecified atom stereocenters. The Hall–Kier alpha value is -2.63. The molecule has 3 N–H and O–H groups in total. The SMILES string of the molecule is CNC(=O)Cc1cccc(NC(=O)CCc2n[nH]c3c2CCCC3)c1. The van der Waals surface area contributed by atoms with Crippen molar-refractivity contribution in [1.29, 1.82) is 0 Å². The Bertz CT molecular complexity index is 767. The maximum atomic E-state index is 12.2. The highest BCUT2D eigenvalue weighted by Crippen LogP contribution is 2.23. The molecule has 0 spiro atoms. The summed E-state index contributed by atoms with van der Waals surface area (Å²) in [5.41, 5.74) is 5.17. The third-order valence-corrected chi connectivity index (χ3v) is 4.59. The van der Waals surface area contributed by atoms with Crippen LogP contribution >= 0.6 is 0 Å². The number of nitrogens with one attached hydrogen (secondary N) is 3. The predicted octanol–water partition coefficient (Wildman–Crippen LogP) is 2.15. The lowest BCUT2D eigenvalue weighted by molar-refractivity contribution is -0.120. The maximum absolute atomic E-state index is 12.2. The molecule has 0 saturated carbocycles. The van der Waals surface area contributed by atoms with Crippen LogP contribution in [0.5, 0.6) is 0 Å². The second-order valence-electron chi connectivity index (χ2n) is 6.43. The van der Waals surface area contributed by atoms with E-state index in [2.05, 4.69) is 20.8 Å². The van der Waals surface area contributed by atoms with Crippen molar-refractivity contribution in [1.82, 2.24) is 15.5 Å². The second-order valence-corrected chi connectivity index (χ2v) is 6.43. The largest absolute Gasteiger partial charge is 0.359 e. The molecule has 1 aromatic heterocycles. The van der Waals surface area contributed by atoms with Crippen molar-refractivity contribution in [3.05, 3.63) is 46.8 Å². The van der Waals surface area contributed by atoms with Crippen LogP contribution in [0.4, 0.5) is 5.69 Å². The van der Waals surface area contributed by atoms with Crippen LogP contribution in [-0.4, -0.2) is 29.1 Å². The summed E-state index contributed by atoms with van der Waals surface area (Å²) in [4.78, 5) is 23.7. The van der Waals surface area contributed by atoms with Crippen molar-refractivity contribution in [2.45, 2.75) is 44.9 Å². The van der Waals surface area contributed by atoms with Gasteiger partial charge in [0.2, 0.25) is 11.8 Å². The van der Waals surface area contributed by atoms with Crippen LogP contribution in [0.2, 0.25) is 0 Å². The van der Waals surface area contributed by atoms with E-state index in [0.717, 1.165) is 29.8 Å². The molecule has 3 rings (SSSR count). The third kappa shape index (κ3) is 4.47. The van der Waals surface area contributed by atoms with Gasteiger partial charge in [-0.1, -0.05) is 12.1 Å². The monoisotopic (exact) mass is 340 g/mol. The van der Waals surface area contributed by atoms with Crippen molar-refractivity contribution in [2.75, 3.05) is 12.4 Å². The fraction of sp³-hybridized carbons (Fsp3) is 0.421. The number of H-pyrrole nitrogens is 1. The van der Waals surface area contributed by atoms with Crippen molar-refractivity contribution in [3.8, 4) is 0 Å². The van der Waals surface area contributed by atoms with Crippen LogP contribution in [0.25, 0.3) is 0 Å². The van der Waals surface area contributed by atoms with Crippen LogP contribution in [0.1, 0.15) is 41.8 Å². The molecule has 2 aromatic rings. The van der Waals surface area contributed by atoms with Crippen molar-refractivity contribution < 1.29 is 9.59 Å². The first-order valence-electron chi connectivity index (χ1n) is 8.80. The molecule has 6 nitrogen and oxygen atoms in total. The summed E-state index contributed by atoms with van der Waals surface area (Å²) in [6.45, 7) is 0. The van der Waals surface area contributed by atoms with E-state index in [1.165, 1.54) is 24.1 Å². The van der Waals surface area contributed by atoms with Gasteiger partial charge in [-0.15, -0.1) is 0 Å². The molecule has 25 heavy (non-hydrogen) atoms. The fourth-order valence-corrected chi connectivity index (χ4v) is 3.24. The average molecular weight is 340 g/mol. The Morgan fingerprint density at radius 1 is 1.20 bits per heavy atom. The highest BCUT2D eigenvalue weighted by Gasteiger charge is 2.17. The molecule has 0 saturated heterocycles. The molecule has 6 heteroatoms. The Morgan fingerprint density at radius 3 is 2.88 bits per heavy atom. The van der Waals surface area contributed by atoms with E-state index in [-0.39, 0.29) is 11.8 Å². The van der Waals surface area contributed by atoms with Gasteiger partial charge < -0.3 is 10.6 Å². The summed E-state index contributed by atoms with van der Waals surface area (Å²) in [6, 6.07) is 7.39. The number of nitrogens with zero attached hydrogens (tertiary/aromatic N) is 1. The summed E-state index contributed by atoms with van der Waals surface area (Å²) in [5.74, 6) is -0.0866. The topological polar surface area (TPSA) is 86.9 Å². The molecule has 1 aliphatic rings. The quantitative estimate of drug-likeness (QED) is 0.753. The molecule has 2 amide bonds. The minimum absolute atomic E-state index is 0.0374. The van der Waals surface area contributed by atoms with Gasteiger partial charge in [-0.05, 0) is 48.9 Å². The summed E-state index contributed by atoms with van der Waals surface area (Å²) in [6.07, 6.45) is 5.88. The van der Waals surface area contributed by atoms with E-state index < -0.39 is 0 Å². The number of aromatic amines is 1. The van der Waals surface area contributed by atoms with Crippen molar-refractivity contribution >= 4 is 17.5 Å². The number of hydrogen-bond acceptors (Lipinski definition) is 3. The number of aromatic nitrogens is 2. The molecule has 1 aromatic carbocycles. The first kappa shape index (κ1) is 17.2. The van der Waals surface area contributed by atoms with Crippen LogP contribution in [0.3, 0.4) is 0 Å². The van der Waals surface area contributed by atoms with Crippen LogP contribution in [0.15, 0.2) is 24.3 Å². The normalized spacial score (nSPS) is 13.2. The van der Waals surface area contributed by atoms with Gasteiger partial charge in [-0.2, -0.15) is 5.10 Å². The number of rotatable bonds is 6. The van der Waals surface area contributed by atoms with Gasteiger partial charge in [0, 0.05) is 31.3 Å². The number of aryl methyl sites for hydroxylation is 2. The zero-order chi connectivity index (χ0) is 17.6. The zero-order valence-corrected chi connectivity index (χ0v) is 14.5. The molecule has 132 valence electrons. The van der Waals surface area contributed by atoms with Gasteiger partial charge in [0.1, 0.15) is 0 Å². The van der Waals surface area contributed by atoms with Crippen LogP contribution < -0.4 is 10.6 Å². The summed E-state index contributed by atoms with van der Waals surface area (Å²) in [5, 5.41) is 13.0. The van der Waals surface area contributed by atoms with Gasteiger partial charge in [-0.25, -0.2) is 0 Å². The smallest absolute Gasteiger partial charge is 0.224 e. The van der Waals surface area contributed by atoms with E-state index in [0.29, 0.717) is 19.3 Å². The Morgan fingerprint density at radius 2 is 2.04 bits per heavy atom. The number of amides is 2. The van der Waals surface area contributed by atoms with Crippen molar-refractivity contribution in [2.24, 2.45) is 0 Å². The molecule has 1 heterocycles. The minimum Gasteiger partial charge on any atom is -0.359 e. The first-order valence-corrected chi connectivity index (χ1v) is 8.80. The molecular weight excluding hydrogens is 316 g/mol. The number of benzene rings is 1. The fourth-order valence-electron chi connectivity index (χ4n) is 3.24. The Kier molecular flexibility index (Phi) is 5.48. The van der Waals surface area contributed by atoms with Crippen LogP contribution in [-0.2, 0) is 35.3 Å². The Balaban J connectivity index is 1.55. The molecule has 0 atom stereocenters. The summed E-state index contributed by atoms with van der Waals surface area (Å²) in [7, 11) is 1.61. The third-order valence-electron chi connectivity index (χ3n) is 4.59. The highest BCUT2D eigenvalue weighted by molar-refractivity contribution is 5.91. The molecular formula is C19H24N4O2. The highest BCUT2D eigenvalue weighted by atomic mass is 16.2. The number of carbonyl (C=O) groups excluding carboxylic acids is 2. The van der Waals surface area contributed by atoms with E-state index in [4.69, 9.17) is 0 Å². The number of hydrogen-bond donors (Lipinski definition) is 3. The maximum Gasteiger partial charge on any atom is 0.224 e. The number of carbonyl (C=O) groups is 2. The van der Waals surface area contributed by atoms with Gasteiger partial charge in [-0.3, -0.25) is 14.7 Å². The molecule has 0 fully saturated rings. The lowest BCUT2D eigenvalue weighted by atomic mass is 9.94. The lowest BCUT2D eigenvalue weighted by Crippen LogP contribution is -2.20. The molecule has 0 bridgehead atoms. The van der Waals surface area contributed by atoms with Gasteiger partial charge in [0.15, 0.2) is 0 Å². The summed E-state index contributed by atoms with van der Waals surface area (Å²) < 4.78 is 0. The average Bonchev–Trinajstić information content (AvgIpc) is 3.03. The van der Waals surface area contributed by atoms with Gasteiger partial charge >= 0.3 is 0 Å². The van der Waals surface area contributed by atoms with Crippen molar-refractivity contribution in [3.63, 3.8) is 0 Å².